The zero-order chi connectivity index (χ0) is 17.3. The molecule has 1 aromatic carbocycles. The summed E-state index contributed by atoms with van der Waals surface area (Å²) in [4.78, 5) is 25.5. The molecule has 1 heterocycles. The Hall–Kier alpha value is -2.34. The predicted molar refractivity (Wildman–Crippen MR) is 91.9 cm³/mol. The first kappa shape index (κ1) is 16.5. The normalized spacial score (nSPS) is 19.0. The lowest BCUT2D eigenvalue weighted by Crippen LogP contribution is -2.26. The van der Waals surface area contributed by atoms with Gasteiger partial charge in [0.15, 0.2) is 0 Å². The molecule has 0 bridgehead atoms. The maximum absolute atomic E-state index is 12.3. The van der Waals surface area contributed by atoms with Crippen LogP contribution in [0.4, 0.5) is 5.69 Å². The summed E-state index contributed by atoms with van der Waals surface area (Å²) >= 11 is 6.19. The molecule has 24 heavy (non-hydrogen) atoms. The van der Waals surface area contributed by atoms with Gasteiger partial charge in [-0.25, -0.2) is 0 Å². The zero-order valence-corrected chi connectivity index (χ0v) is 14.3. The van der Waals surface area contributed by atoms with E-state index in [2.05, 4.69) is 10.4 Å². The van der Waals surface area contributed by atoms with Gasteiger partial charge in [0.05, 0.1) is 11.9 Å². The van der Waals surface area contributed by atoms with Crippen LogP contribution in [-0.2, 0) is 16.1 Å². The van der Waals surface area contributed by atoms with Crippen LogP contribution in [0.15, 0.2) is 36.7 Å². The summed E-state index contributed by atoms with van der Waals surface area (Å²) in [6.45, 7) is 0.147. The number of hydrogen-bond donors (Lipinski definition) is 1. The fraction of sp³-hybridized carbons (Fsp3) is 0.353. The van der Waals surface area contributed by atoms with Gasteiger partial charge in [0.1, 0.15) is 6.54 Å². The molecule has 2 atom stereocenters. The summed E-state index contributed by atoms with van der Waals surface area (Å²) in [5.74, 6) is -0.00363. The highest BCUT2D eigenvalue weighted by molar-refractivity contribution is 6.31. The van der Waals surface area contributed by atoms with Gasteiger partial charge in [0.25, 0.3) is 0 Å². The molecule has 0 radical (unpaired) electrons. The van der Waals surface area contributed by atoms with E-state index < -0.39 is 0 Å². The number of anilines is 1. The quantitative estimate of drug-likeness (QED) is 0.903. The number of likely N-dealkylation sites (N-methyl/N-ethyl adjacent to an activating group) is 1. The second-order valence-corrected chi connectivity index (χ2v) is 6.58. The van der Waals surface area contributed by atoms with Gasteiger partial charge in [-0.2, -0.15) is 5.10 Å². The van der Waals surface area contributed by atoms with Crippen LogP contribution in [0.1, 0.15) is 17.9 Å². The average Bonchev–Trinajstić information content (AvgIpc) is 3.22. The number of hydrogen-bond acceptors (Lipinski definition) is 3. The first-order chi connectivity index (χ1) is 11.5. The maximum Gasteiger partial charge on any atom is 0.243 e. The topological polar surface area (TPSA) is 67.2 Å². The zero-order valence-electron chi connectivity index (χ0n) is 13.6. The lowest BCUT2D eigenvalue weighted by molar-refractivity contribution is -0.129. The third kappa shape index (κ3) is 3.59. The lowest BCUT2D eigenvalue weighted by Gasteiger charge is -2.09. The van der Waals surface area contributed by atoms with Crippen molar-refractivity contribution in [3.05, 3.63) is 47.2 Å². The smallest absolute Gasteiger partial charge is 0.243 e. The number of amides is 2. The number of aromatic nitrogens is 2. The summed E-state index contributed by atoms with van der Waals surface area (Å²) in [7, 11) is 3.38. The second-order valence-electron chi connectivity index (χ2n) is 6.17. The summed E-state index contributed by atoms with van der Waals surface area (Å²) in [5, 5.41) is 7.65. The van der Waals surface area contributed by atoms with Crippen molar-refractivity contribution < 1.29 is 9.59 Å². The lowest BCUT2D eigenvalue weighted by atomic mass is 10.1. The minimum Gasteiger partial charge on any atom is -0.347 e. The van der Waals surface area contributed by atoms with Crippen LogP contribution in [0.2, 0.25) is 5.02 Å². The van der Waals surface area contributed by atoms with Crippen LogP contribution in [0.25, 0.3) is 0 Å². The Balaban J connectivity index is 1.58. The highest BCUT2D eigenvalue weighted by Crippen LogP contribution is 2.49. The fourth-order valence-corrected chi connectivity index (χ4v) is 2.91. The molecule has 0 spiro atoms. The number of rotatable bonds is 5. The van der Waals surface area contributed by atoms with E-state index in [1.165, 1.54) is 9.58 Å². The van der Waals surface area contributed by atoms with E-state index in [0.717, 1.165) is 12.0 Å². The molecule has 7 heteroatoms. The molecular weight excluding hydrogens is 328 g/mol. The minimum absolute atomic E-state index is 0.0431. The number of nitrogens with zero attached hydrogens (tertiary/aromatic N) is 3. The number of halogens is 1. The molecule has 3 rings (SSSR count). The highest BCUT2D eigenvalue weighted by atomic mass is 35.5. The Morgan fingerprint density at radius 2 is 2.12 bits per heavy atom. The maximum atomic E-state index is 12.3. The van der Waals surface area contributed by atoms with Gasteiger partial charge in [-0.1, -0.05) is 29.8 Å². The number of carbonyl (C=O) groups excluding carboxylic acids is 2. The average molecular weight is 347 g/mol. The Kier molecular flexibility index (Phi) is 4.57. The Bertz CT molecular complexity index is 771. The van der Waals surface area contributed by atoms with E-state index in [-0.39, 0.29) is 30.2 Å². The van der Waals surface area contributed by atoms with Crippen LogP contribution >= 0.6 is 11.6 Å². The van der Waals surface area contributed by atoms with Crippen molar-refractivity contribution in [2.24, 2.45) is 5.92 Å². The van der Waals surface area contributed by atoms with Gasteiger partial charge in [-0.3, -0.25) is 14.3 Å². The molecular formula is C17H19ClN4O2. The van der Waals surface area contributed by atoms with E-state index in [4.69, 9.17) is 11.6 Å². The molecule has 2 amide bonds. The monoisotopic (exact) mass is 346 g/mol. The Morgan fingerprint density at radius 1 is 1.38 bits per heavy atom. The SMILES string of the molecule is CN(C)C(=O)Cn1cc(NC(=O)[C@H]2C[C@@H]2c2ccccc2Cl)cn1. The fourth-order valence-electron chi connectivity index (χ4n) is 2.63. The summed E-state index contributed by atoms with van der Waals surface area (Å²) in [5.41, 5.74) is 1.61. The number of nitrogens with one attached hydrogen (secondary N) is 1. The van der Waals surface area contributed by atoms with Gasteiger partial charge in [0, 0.05) is 31.2 Å². The minimum atomic E-state index is -0.0725. The molecule has 1 aromatic heterocycles. The van der Waals surface area contributed by atoms with Crippen molar-refractivity contribution in [1.82, 2.24) is 14.7 Å². The molecule has 1 aliphatic carbocycles. The van der Waals surface area contributed by atoms with E-state index in [0.29, 0.717) is 10.7 Å². The molecule has 6 nitrogen and oxygen atoms in total. The van der Waals surface area contributed by atoms with Crippen molar-refractivity contribution in [2.75, 3.05) is 19.4 Å². The molecule has 1 N–H and O–H groups in total. The van der Waals surface area contributed by atoms with Crippen molar-refractivity contribution in [1.29, 1.82) is 0 Å². The molecule has 1 fully saturated rings. The highest BCUT2D eigenvalue weighted by Gasteiger charge is 2.44. The number of benzene rings is 1. The number of carbonyl (C=O) groups is 2. The first-order valence-corrected chi connectivity index (χ1v) is 8.11. The van der Waals surface area contributed by atoms with Crippen molar-refractivity contribution in [3.63, 3.8) is 0 Å². The van der Waals surface area contributed by atoms with Crippen LogP contribution in [0.3, 0.4) is 0 Å². The third-order valence-corrected chi connectivity index (χ3v) is 4.47. The van der Waals surface area contributed by atoms with Gasteiger partial charge < -0.3 is 10.2 Å². The standard InChI is InChI=1S/C17H19ClN4O2/c1-21(2)16(23)10-22-9-11(8-19-22)20-17(24)14-7-13(14)12-5-3-4-6-15(12)18/h3-6,8-9,13-14H,7,10H2,1-2H3,(H,20,24)/t13-,14+/m1/s1. The van der Waals surface area contributed by atoms with Crippen LogP contribution in [-0.4, -0.2) is 40.6 Å². The second kappa shape index (κ2) is 6.65. The first-order valence-electron chi connectivity index (χ1n) is 7.73. The van der Waals surface area contributed by atoms with Crippen molar-refractivity contribution in [2.45, 2.75) is 18.9 Å². The molecule has 1 aliphatic rings. The van der Waals surface area contributed by atoms with Gasteiger partial charge >= 0.3 is 0 Å². The Labute approximate surface area is 145 Å². The molecule has 0 aliphatic heterocycles. The molecule has 1 saturated carbocycles. The van der Waals surface area contributed by atoms with E-state index in [9.17, 15) is 9.59 Å². The predicted octanol–water partition coefficient (Wildman–Crippen LogP) is 2.37. The van der Waals surface area contributed by atoms with Crippen LogP contribution in [0, 0.1) is 5.92 Å². The summed E-state index contributed by atoms with van der Waals surface area (Å²) < 4.78 is 1.51. The van der Waals surface area contributed by atoms with E-state index in [1.807, 2.05) is 24.3 Å². The van der Waals surface area contributed by atoms with Crippen molar-refractivity contribution >= 4 is 29.1 Å². The summed E-state index contributed by atoms with van der Waals surface area (Å²) in [6, 6.07) is 7.62. The van der Waals surface area contributed by atoms with Gasteiger partial charge in [0.2, 0.25) is 11.8 Å². The largest absolute Gasteiger partial charge is 0.347 e. The third-order valence-electron chi connectivity index (χ3n) is 4.13. The van der Waals surface area contributed by atoms with Gasteiger partial charge in [-0.05, 0) is 24.0 Å². The summed E-state index contributed by atoms with van der Waals surface area (Å²) in [6.07, 6.45) is 4.00. The Morgan fingerprint density at radius 3 is 2.83 bits per heavy atom. The molecule has 126 valence electrons. The van der Waals surface area contributed by atoms with Crippen LogP contribution < -0.4 is 5.32 Å². The van der Waals surface area contributed by atoms with E-state index in [1.54, 1.807) is 26.5 Å². The van der Waals surface area contributed by atoms with Crippen LogP contribution in [0.5, 0.6) is 0 Å². The molecule has 0 saturated heterocycles. The van der Waals surface area contributed by atoms with E-state index >= 15 is 0 Å². The van der Waals surface area contributed by atoms with Crippen molar-refractivity contribution in [3.8, 4) is 0 Å². The van der Waals surface area contributed by atoms with Gasteiger partial charge in [-0.15, -0.1) is 0 Å². The molecule has 0 unspecified atom stereocenters. The molecule has 2 aromatic rings.